The summed E-state index contributed by atoms with van der Waals surface area (Å²) in [4.78, 5) is 17.0. The fourth-order valence-electron chi connectivity index (χ4n) is 2.64. The number of nitrogens with one attached hydrogen (secondary N) is 3. The van der Waals surface area contributed by atoms with Crippen molar-refractivity contribution in [2.75, 3.05) is 6.61 Å². The highest BCUT2D eigenvalue weighted by Gasteiger charge is 2.42. The zero-order valence-electron chi connectivity index (χ0n) is 10.00. The van der Waals surface area contributed by atoms with Gasteiger partial charge in [-0.15, -0.1) is 0 Å². The molecule has 0 amide bonds. The summed E-state index contributed by atoms with van der Waals surface area (Å²) in [6, 6.07) is 0.630. The van der Waals surface area contributed by atoms with Crippen molar-refractivity contribution in [2.45, 2.75) is 31.7 Å². The van der Waals surface area contributed by atoms with Gasteiger partial charge in [0.25, 0.3) is 5.56 Å². The summed E-state index contributed by atoms with van der Waals surface area (Å²) in [7, 11) is 0. The Hall–Kier alpha value is -1.67. The van der Waals surface area contributed by atoms with E-state index in [1.165, 1.54) is 6.20 Å². The van der Waals surface area contributed by atoms with Gasteiger partial charge in [0, 0.05) is 17.8 Å². The van der Waals surface area contributed by atoms with Crippen LogP contribution in [0.15, 0.2) is 23.3 Å². The normalized spacial score (nSPS) is 29.6. The van der Waals surface area contributed by atoms with Gasteiger partial charge >= 0.3 is 0 Å². The van der Waals surface area contributed by atoms with Crippen molar-refractivity contribution in [1.82, 2.24) is 15.3 Å². The van der Waals surface area contributed by atoms with Crippen molar-refractivity contribution in [3.05, 3.63) is 34.4 Å². The summed E-state index contributed by atoms with van der Waals surface area (Å²) < 4.78 is 0. The first kappa shape index (κ1) is 14.7. The Morgan fingerprint density at radius 1 is 1.20 bits per heavy atom. The van der Waals surface area contributed by atoms with Crippen LogP contribution in [0.5, 0.6) is 0 Å². The van der Waals surface area contributed by atoms with Gasteiger partial charge in [-0.05, 0) is 11.6 Å². The van der Waals surface area contributed by atoms with E-state index in [1.54, 1.807) is 12.3 Å². The number of hydrogen-bond acceptors (Lipinski definition) is 5. The molecule has 0 aromatic carbocycles. The first-order valence-corrected chi connectivity index (χ1v) is 6.05. The van der Waals surface area contributed by atoms with E-state index in [2.05, 4.69) is 15.3 Å². The van der Waals surface area contributed by atoms with Crippen molar-refractivity contribution in [1.29, 1.82) is 0 Å². The van der Waals surface area contributed by atoms with Crippen LogP contribution in [0.3, 0.4) is 0 Å². The Morgan fingerprint density at radius 3 is 2.60 bits per heavy atom. The molecule has 2 aromatic heterocycles. The second-order valence-corrected chi connectivity index (χ2v) is 4.75. The van der Waals surface area contributed by atoms with Gasteiger partial charge < -0.3 is 30.6 Å². The van der Waals surface area contributed by atoms with E-state index < -0.39 is 24.3 Å². The number of aliphatic hydroxyl groups is 3. The van der Waals surface area contributed by atoms with Crippen LogP contribution in [-0.4, -0.2) is 50.1 Å². The Morgan fingerprint density at radius 2 is 1.95 bits per heavy atom. The van der Waals surface area contributed by atoms with E-state index in [9.17, 15) is 15.0 Å². The molecule has 7 heteroatoms. The Labute approximate surface area is 115 Å². The van der Waals surface area contributed by atoms with Gasteiger partial charge in [0.05, 0.1) is 24.8 Å². The molecule has 4 atom stereocenters. The fourth-order valence-corrected chi connectivity index (χ4v) is 2.64. The van der Waals surface area contributed by atoms with E-state index in [0.29, 0.717) is 16.5 Å². The molecule has 0 saturated carbocycles. The first-order chi connectivity index (χ1) is 9.13. The van der Waals surface area contributed by atoms with Crippen molar-refractivity contribution in [2.24, 2.45) is 0 Å². The molecule has 3 heterocycles. The number of hydrogen-bond donors (Lipinski definition) is 6. The molecule has 0 bridgehead atoms. The Kier molecular flexibility index (Phi) is 3.96. The lowest BCUT2D eigenvalue weighted by atomic mass is 10.0. The standard InChI is InChI=1S/C12H15N3O4.CH4/c16-4-7-10(17)11(18)8(15-7)6-3-14-9-5(6)1-2-13-12(9)19;/h1-3,7-8,10-11,14-18H,4H2,(H,13,19);1H4. The zero-order chi connectivity index (χ0) is 13.6. The molecule has 110 valence electrons. The molecule has 3 rings (SSSR count). The number of aliphatic hydroxyl groups excluding tert-OH is 3. The third kappa shape index (κ3) is 2.04. The van der Waals surface area contributed by atoms with Crippen LogP contribution in [0.1, 0.15) is 19.0 Å². The number of aromatic nitrogens is 2. The van der Waals surface area contributed by atoms with E-state index in [4.69, 9.17) is 5.11 Å². The average Bonchev–Trinajstić information content (AvgIpc) is 2.94. The van der Waals surface area contributed by atoms with Gasteiger partial charge in [-0.1, -0.05) is 7.43 Å². The minimum Gasteiger partial charge on any atom is -0.395 e. The summed E-state index contributed by atoms with van der Waals surface area (Å²) in [6.07, 6.45) is 1.09. The molecule has 20 heavy (non-hydrogen) atoms. The molecule has 0 spiro atoms. The largest absolute Gasteiger partial charge is 0.395 e. The maximum absolute atomic E-state index is 11.6. The Bertz CT molecular complexity index is 650. The molecular formula is C13H19N3O4. The van der Waals surface area contributed by atoms with Crippen LogP contribution in [-0.2, 0) is 0 Å². The number of rotatable bonds is 2. The quantitative estimate of drug-likeness (QED) is 0.431. The number of aromatic amines is 2. The topological polar surface area (TPSA) is 121 Å². The second-order valence-electron chi connectivity index (χ2n) is 4.75. The number of fused-ring (bicyclic) bond motifs is 1. The van der Waals surface area contributed by atoms with E-state index >= 15 is 0 Å². The molecule has 1 aliphatic rings. The van der Waals surface area contributed by atoms with E-state index in [1.807, 2.05) is 0 Å². The van der Waals surface area contributed by atoms with Gasteiger partial charge in [0.1, 0.15) is 11.6 Å². The SMILES string of the molecule is C.O=c1[nH]ccc2c(C3NC(CO)C(O)C3O)c[nH]c12. The summed E-state index contributed by atoms with van der Waals surface area (Å²) in [6.45, 7) is -0.266. The van der Waals surface area contributed by atoms with E-state index in [-0.39, 0.29) is 19.6 Å². The minimum absolute atomic E-state index is 0. The molecule has 1 saturated heterocycles. The highest BCUT2D eigenvalue weighted by atomic mass is 16.3. The number of H-pyrrole nitrogens is 2. The molecule has 6 N–H and O–H groups in total. The van der Waals surface area contributed by atoms with Crippen LogP contribution in [0.2, 0.25) is 0 Å². The van der Waals surface area contributed by atoms with Crippen LogP contribution in [0, 0.1) is 0 Å². The predicted octanol–water partition coefficient (Wildman–Crippen LogP) is -0.781. The van der Waals surface area contributed by atoms with Crippen LogP contribution < -0.4 is 10.9 Å². The van der Waals surface area contributed by atoms with Gasteiger partial charge in [-0.25, -0.2) is 0 Å². The molecule has 2 aromatic rings. The second kappa shape index (κ2) is 5.37. The summed E-state index contributed by atoms with van der Waals surface area (Å²) in [5, 5.41) is 32.6. The van der Waals surface area contributed by atoms with Crippen molar-refractivity contribution in [3.63, 3.8) is 0 Å². The van der Waals surface area contributed by atoms with Gasteiger partial charge in [0.15, 0.2) is 0 Å². The third-order valence-electron chi connectivity index (χ3n) is 3.67. The van der Waals surface area contributed by atoms with Gasteiger partial charge in [-0.3, -0.25) is 4.79 Å². The molecule has 4 unspecified atom stereocenters. The monoisotopic (exact) mass is 281 g/mol. The zero-order valence-corrected chi connectivity index (χ0v) is 10.00. The summed E-state index contributed by atoms with van der Waals surface area (Å²) in [5.41, 5.74) is 0.882. The molecule has 7 nitrogen and oxygen atoms in total. The van der Waals surface area contributed by atoms with Crippen molar-refractivity contribution >= 4 is 10.9 Å². The predicted molar refractivity (Wildman–Crippen MR) is 74.4 cm³/mol. The number of pyridine rings is 1. The smallest absolute Gasteiger partial charge is 0.272 e. The summed E-state index contributed by atoms with van der Waals surface area (Å²) >= 11 is 0. The molecule has 0 radical (unpaired) electrons. The fraction of sp³-hybridized carbons (Fsp3) is 0.462. The third-order valence-corrected chi connectivity index (χ3v) is 3.67. The van der Waals surface area contributed by atoms with E-state index in [0.717, 1.165) is 0 Å². The lowest BCUT2D eigenvalue weighted by molar-refractivity contribution is 0.0196. The van der Waals surface area contributed by atoms with Gasteiger partial charge in [0.2, 0.25) is 0 Å². The summed E-state index contributed by atoms with van der Waals surface area (Å²) in [5.74, 6) is 0. The highest BCUT2D eigenvalue weighted by molar-refractivity contribution is 5.82. The minimum atomic E-state index is -1.04. The van der Waals surface area contributed by atoms with Crippen LogP contribution >= 0.6 is 0 Å². The molecular weight excluding hydrogens is 262 g/mol. The lowest BCUT2D eigenvalue weighted by Gasteiger charge is -2.15. The lowest BCUT2D eigenvalue weighted by Crippen LogP contribution is -2.35. The maximum atomic E-state index is 11.6. The van der Waals surface area contributed by atoms with Crippen LogP contribution in [0.4, 0.5) is 0 Å². The van der Waals surface area contributed by atoms with Crippen molar-refractivity contribution < 1.29 is 15.3 Å². The average molecular weight is 281 g/mol. The Balaban J connectivity index is 0.00000147. The maximum Gasteiger partial charge on any atom is 0.272 e. The highest BCUT2D eigenvalue weighted by Crippen LogP contribution is 2.31. The molecule has 1 fully saturated rings. The van der Waals surface area contributed by atoms with Gasteiger partial charge in [-0.2, -0.15) is 0 Å². The molecule has 1 aliphatic heterocycles. The molecule has 0 aliphatic carbocycles. The van der Waals surface area contributed by atoms with Crippen molar-refractivity contribution in [3.8, 4) is 0 Å². The van der Waals surface area contributed by atoms with Crippen LogP contribution in [0.25, 0.3) is 10.9 Å². The first-order valence-electron chi connectivity index (χ1n) is 6.05.